The van der Waals surface area contributed by atoms with Gasteiger partial charge >= 0.3 is 6.36 Å². The fourth-order valence-electron chi connectivity index (χ4n) is 1.14. The smallest absolute Gasteiger partial charge is 0.405 e. The van der Waals surface area contributed by atoms with E-state index in [4.69, 9.17) is 0 Å². The van der Waals surface area contributed by atoms with E-state index in [1.165, 1.54) is 0 Å². The Kier molecular flexibility index (Phi) is 3.92. The Labute approximate surface area is 103 Å². The summed E-state index contributed by atoms with van der Waals surface area (Å²) in [6.07, 6.45) is -4.56. The van der Waals surface area contributed by atoms with Crippen molar-refractivity contribution in [1.29, 1.82) is 0 Å². The average molecular weight is 311 g/mol. The van der Waals surface area contributed by atoms with Crippen LogP contribution in [0.25, 0.3) is 0 Å². The van der Waals surface area contributed by atoms with Crippen LogP contribution in [0.1, 0.15) is 27.6 Å². The van der Waals surface area contributed by atoms with E-state index < -0.39 is 17.9 Å². The Hall–Kier alpha value is -1.37. The minimum absolute atomic E-state index is 0.0331. The second-order valence-corrected chi connectivity index (χ2v) is 3.95. The molecule has 0 saturated carbocycles. The molecule has 0 saturated heterocycles. The molecule has 0 N–H and O–H groups in total. The summed E-state index contributed by atoms with van der Waals surface area (Å²) in [7, 11) is 0. The van der Waals surface area contributed by atoms with Crippen LogP contribution >= 0.6 is 15.9 Å². The van der Waals surface area contributed by atoms with Gasteiger partial charge in [0.2, 0.25) is 0 Å². The number of aldehydes is 1. The number of alkyl halides is 3. The molecule has 0 unspecified atom stereocenters. The zero-order valence-corrected chi connectivity index (χ0v) is 10.1. The number of halogens is 4. The molecule has 0 heterocycles. The van der Waals surface area contributed by atoms with Crippen LogP contribution in [-0.2, 0) is 0 Å². The van der Waals surface area contributed by atoms with Crippen molar-refractivity contribution in [3.8, 4) is 5.75 Å². The molecule has 92 valence electrons. The highest BCUT2D eigenvalue weighted by atomic mass is 79.9. The number of benzene rings is 1. The minimum Gasteiger partial charge on any atom is -0.405 e. The number of carbonyl (C=O) groups excluding carboxylic acids is 2. The van der Waals surface area contributed by atoms with Crippen molar-refractivity contribution in [2.45, 2.75) is 13.3 Å². The summed E-state index contributed by atoms with van der Waals surface area (Å²) >= 11 is 2.97. The van der Waals surface area contributed by atoms with Gasteiger partial charge in [0, 0.05) is 10.0 Å². The van der Waals surface area contributed by atoms with Gasteiger partial charge in [0.05, 0.1) is 5.56 Å². The van der Waals surface area contributed by atoms with E-state index in [1.807, 2.05) is 0 Å². The maximum absolute atomic E-state index is 12.1. The van der Waals surface area contributed by atoms with E-state index >= 15 is 0 Å². The van der Waals surface area contributed by atoms with Crippen LogP contribution in [0.5, 0.6) is 5.75 Å². The summed E-state index contributed by atoms with van der Waals surface area (Å²) in [4.78, 5) is 21.7. The Morgan fingerprint density at radius 3 is 2.41 bits per heavy atom. The number of ketones is 1. The molecule has 0 spiro atoms. The van der Waals surface area contributed by atoms with Crippen molar-refractivity contribution in [3.63, 3.8) is 0 Å². The first-order valence-corrected chi connectivity index (χ1v) is 5.09. The van der Waals surface area contributed by atoms with Crippen LogP contribution < -0.4 is 4.74 Å². The zero-order chi connectivity index (χ0) is 13.2. The molecule has 0 aliphatic rings. The van der Waals surface area contributed by atoms with Gasteiger partial charge in [-0.2, -0.15) is 0 Å². The van der Waals surface area contributed by atoms with Crippen molar-refractivity contribution in [3.05, 3.63) is 27.7 Å². The predicted molar refractivity (Wildman–Crippen MR) is 56.2 cm³/mol. The molecule has 1 aromatic carbocycles. The van der Waals surface area contributed by atoms with E-state index in [9.17, 15) is 22.8 Å². The third-order valence-electron chi connectivity index (χ3n) is 1.83. The molecular weight excluding hydrogens is 305 g/mol. The Bertz CT molecular complexity index is 469. The number of ether oxygens (including phenoxy) is 1. The molecule has 17 heavy (non-hydrogen) atoms. The molecular formula is C10H6BrF3O3. The average Bonchev–Trinajstić information content (AvgIpc) is 2.17. The lowest BCUT2D eigenvalue weighted by atomic mass is 10.1. The standard InChI is InChI=1S/C10H6BrF3O3/c1-5(16)7-3-8(11)6(4-15)2-9(7)17-10(12,13)14/h2-4H,1H3. The largest absolute Gasteiger partial charge is 0.573 e. The van der Waals surface area contributed by atoms with Gasteiger partial charge in [-0.3, -0.25) is 9.59 Å². The van der Waals surface area contributed by atoms with Crippen LogP contribution in [0.15, 0.2) is 16.6 Å². The molecule has 1 rings (SSSR count). The number of Topliss-reactive ketones (excluding diaryl/α,β-unsaturated/α-hetero) is 1. The second-order valence-electron chi connectivity index (χ2n) is 3.09. The van der Waals surface area contributed by atoms with E-state index in [0.29, 0.717) is 6.29 Å². The number of carbonyl (C=O) groups is 2. The maximum Gasteiger partial charge on any atom is 0.573 e. The molecule has 0 atom stereocenters. The highest BCUT2D eigenvalue weighted by Gasteiger charge is 2.33. The van der Waals surface area contributed by atoms with E-state index in [2.05, 4.69) is 20.7 Å². The maximum atomic E-state index is 12.1. The van der Waals surface area contributed by atoms with Crippen LogP contribution in [0.4, 0.5) is 13.2 Å². The molecule has 7 heteroatoms. The molecule has 0 radical (unpaired) electrons. The van der Waals surface area contributed by atoms with E-state index in [1.54, 1.807) is 0 Å². The quantitative estimate of drug-likeness (QED) is 0.635. The van der Waals surface area contributed by atoms with Gasteiger partial charge in [-0.05, 0) is 19.1 Å². The normalized spacial score (nSPS) is 11.1. The highest BCUT2D eigenvalue weighted by molar-refractivity contribution is 9.10. The molecule has 0 amide bonds. The lowest BCUT2D eigenvalue weighted by Gasteiger charge is -2.13. The first kappa shape index (κ1) is 13.7. The van der Waals surface area contributed by atoms with Crippen molar-refractivity contribution >= 4 is 28.0 Å². The summed E-state index contributed by atoms with van der Waals surface area (Å²) in [5.41, 5.74) is -0.283. The van der Waals surface area contributed by atoms with E-state index in [-0.39, 0.29) is 15.6 Å². The molecule has 0 fully saturated rings. The summed E-state index contributed by atoms with van der Waals surface area (Å²) in [5.74, 6) is -1.28. The lowest BCUT2D eigenvalue weighted by Crippen LogP contribution is -2.19. The van der Waals surface area contributed by atoms with Crippen LogP contribution in [0.3, 0.4) is 0 Å². The lowest BCUT2D eigenvalue weighted by molar-refractivity contribution is -0.274. The van der Waals surface area contributed by atoms with Crippen molar-refractivity contribution in [2.24, 2.45) is 0 Å². The second kappa shape index (κ2) is 4.87. The van der Waals surface area contributed by atoms with Crippen LogP contribution in [0.2, 0.25) is 0 Å². The summed E-state index contributed by atoms with van der Waals surface area (Å²) < 4.78 is 40.2. The summed E-state index contributed by atoms with van der Waals surface area (Å²) in [6.45, 7) is 1.10. The zero-order valence-electron chi connectivity index (χ0n) is 8.47. The molecule has 1 aromatic rings. The number of hydrogen-bond donors (Lipinski definition) is 0. The summed E-state index contributed by atoms with van der Waals surface area (Å²) in [5, 5.41) is 0. The fraction of sp³-hybridized carbons (Fsp3) is 0.200. The monoisotopic (exact) mass is 310 g/mol. The first-order chi connectivity index (χ1) is 7.74. The Morgan fingerprint density at radius 2 is 2.00 bits per heavy atom. The number of rotatable bonds is 3. The van der Waals surface area contributed by atoms with Gasteiger partial charge in [-0.15, -0.1) is 13.2 Å². The van der Waals surface area contributed by atoms with Gasteiger partial charge in [-0.1, -0.05) is 15.9 Å². The molecule has 0 aliphatic heterocycles. The van der Waals surface area contributed by atoms with Crippen LogP contribution in [0, 0.1) is 0 Å². The Balaban J connectivity index is 3.34. The topological polar surface area (TPSA) is 43.4 Å². The van der Waals surface area contributed by atoms with Crippen molar-refractivity contribution in [1.82, 2.24) is 0 Å². The van der Waals surface area contributed by atoms with Crippen molar-refractivity contribution in [2.75, 3.05) is 0 Å². The predicted octanol–water partition coefficient (Wildman–Crippen LogP) is 3.36. The van der Waals surface area contributed by atoms with Crippen LogP contribution in [-0.4, -0.2) is 18.4 Å². The molecule has 0 bridgehead atoms. The SMILES string of the molecule is CC(=O)c1cc(Br)c(C=O)cc1OC(F)(F)F. The third kappa shape index (κ3) is 3.55. The van der Waals surface area contributed by atoms with Crippen molar-refractivity contribution < 1.29 is 27.5 Å². The first-order valence-electron chi connectivity index (χ1n) is 4.30. The minimum atomic E-state index is -4.92. The molecule has 0 aromatic heterocycles. The molecule has 0 aliphatic carbocycles. The van der Waals surface area contributed by atoms with Gasteiger partial charge < -0.3 is 4.74 Å². The van der Waals surface area contributed by atoms with Gasteiger partial charge in [0.1, 0.15) is 5.75 Å². The third-order valence-corrected chi connectivity index (χ3v) is 2.52. The number of hydrogen-bond acceptors (Lipinski definition) is 3. The van der Waals surface area contributed by atoms with Gasteiger partial charge in [0.15, 0.2) is 12.1 Å². The Morgan fingerprint density at radius 1 is 1.41 bits per heavy atom. The molecule has 3 nitrogen and oxygen atoms in total. The van der Waals surface area contributed by atoms with Gasteiger partial charge in [-0.25, -0.2) is 0 Å². The highest BCUT2D eigenvalue weighted by Crippen LogP contribution is 2.31. The summed E-state index contributed by atoms with van der Waals surface area (Å²) in [6, 6.07) is 1.98. The fourth-order valence-corrected chi connectivity index (χ4v) is 1.58. The van der Waals surface area contributed by atoms with Gasteiger partial charge in [0.25, 0.3) is 0 Å². The van der Waals surface area contributed by atoms with E-state index in [0.717, 1.165) is 19.1 Å².